The van der Waals surface area contributed by atoms with Crippen LogP contribution in [-0.2, 0) is 46.6 Å². The molecule has 16 nitrogen and oxygen atoms in total. The third-order valence-electron chi connectivity index (χ3n) is 4.45. The van der Waals surface area contributed by atoms with Gasteiger partial charge >= 0.3 is 20.1 Å². The van der Waals surface area contributed by atoms with Gasteiger partial charge in [-0.15, -0.1) is 0 Å². The highest BCUT2D eigenvalue weighted by atomic mass is 31.2. The van der Waals surface area contributed by atoms with E-state index in [1.165, 1.54) is 20.1 Å². The van der Waals surface area contributed by atoms with Crippen LogP contribution in [0.3, 0.4) is 0 Å². The zero-order valence-corrected chi connectivity index (χ0v) is 21.1. The second kappa shape index (κ2) is 15.7. The molecular weight excluding hydrogens is 511 g/mol. The molecule has 4 atom stereocenters. The molecule has 1 aliphatic carbocycles. The Hall–Kier alpha value is -2.33. The Morgan fingerprint density at radius 3 is 2.08 bits per heavy atom. The van der Waals surface area contributed by atoms with E-state index in [4.69, 9.17) is 24.0 Å². The number of nitrogens with zero attached hydrogens (tertiary/aromatic N) is 1. The lowest BCUT2D eigenvalue weighted by atomic mass is 10.2. The first-order valence-corrected chi connectivity index (χ1v) is 12.4. The van der Waals surface area contributed by atoms with Crippen molar-refractivity contribution in [3.05, 3.63) is 0 Å². The first-order valence-electron chi connectivity index (χ1n) is 11.0. The molecule has 1 aliphatic rings. The lowest BCUT2D eigenvalue weighted by Gasteiger charge is -2.27. The Labute approximate surface area is 207 Å². The summed E-state index contributed by atoms with van der Waals surface area (Å²) in [6, 6.07) is 0. The van der Waals surface area contributed by atoms with Gasteiger partial charge in [-0.25, -0.2) is 23.2 Å². The lowest BCUT2D eigenvalue weighted by molar-refractivity contribution is -0.126. The number of aliphatic hydroxyl groups excluding tert-OH is 2. The van der Waals surface area contributed by atoms with E-state index < -0.39 is 70.3 Å². The number of aliphatic imine (C=N–C) groups is 1. The fourth-order valence-corrected chi connectivity index (χ4v) is 3.77. The van der Waals surface area contributed by atoms with Gasteiger partial charge in [0.05, 0.1) is 26.2 Å². The van der Waals surface area contributed by atoms with Crippen LogP contribution in [0, 0.1) is 0 Å². The van der Waals surface area contributed by atoms with Crippen LogP contribution in [0.25, 0.3) is 0 Å². The van der Waals surface area contributed by atoms with Gasteiger partial charge in [0, 0.05) is 12.6 Å². The number of amides is 1. The van der Waals surface area contributed by atoms with Crippen LogP contribution >= 0.6 is 7.82 Å². The minimum atomic E-state index is -4.62. The van der Waals surface area contributed by atoms with Crippen molar-refractivity contribution >= 4 is 32.3 Å². The standard InChI is InChI=1S/C19H33N2O14P/c1-4-16(21-8-7-15(20)24)34-19(13(23)10-22)9-14(19)35-36(27,32-11-30-17(25)28-5-2)33-12-31-18(26)29-6-3/h8,13-14,16,22-23H,4-7,9-12H2,1-3H3,(H2,20,24). The van der Waals surface area contributed by atoms with Crippen molar-refractivity contribution in [3.8, 4) is 0 Å². The summed E-state index contributed by atoms with van der Waals surface area (Å²) in [6.07, 6.45) is -4.45. The molecule has 1 fully saturated rings. The number of phosphoric acid groups is 1. The van der Waals surface area contributed by atoms with Crippen LogP contribution in [0.15, 0.2) is 4.99 Å². The SMILES string of the molecule is CCOC(=O)OCOP(=O)(OCOC(=O)OCC)OC1CC1(OC(CC)N=CCC(N)=O)C(O)CO. The fourth-order valence-electron chi connectivity index (χ4n) is 2.65. The first-order chi connectivity index (χ1) is 17.1. The van der Waals surface area contributed by atoms with E-state index in [2.05, 4.69) is 23.9 Å². The molecule has 0 aromatic carbocycles. The summed E-state index contributed by atoms with van der Waals surface area (Å²) in [5.41, 5.74) is 3.49. The van der Waals surface area contributed by atoms with Crippen LogP contribution in [0.1, 0.15) is 40.0 Å². The van der Waals surface area contributed by atoms with Crippen molar-refractivity contribution in [2.45, 2.75) is 64.1 Å². The van der Waals surface area contributed by atoms with E-state index in [0.717, 1.165) is 0 Å². The third kappa shape index (κ3) is 10.7. The summed E-state index contributed by atoms with van der Waals surface area (Å²) in [4.78, 5) is 37.7. The highest BCUT2D eigenvalue weighted by Crippen LogP contribution is 2.59. The number of carbonyl (C=O) groups is 3. The molecule has 1 saturated carbocycles. The Balaban J connectivity index is 2.93. The summed E-state index contributed by atoms with van der Waals surface area (Å²) in [5.74, 6) is -0.614. The molecule has 4 N–H and O–H groups in total. The van der Waals surface area contributed by atoms with Crippen LogP contribution in [0.5, 0.6) is 0 Å². The Morgan fingerprint density at radius 2 is 1.64 bits per heavy atom. The monoisotopic (exact) mass is 544 g/mol. The molecule has 1 rings (SSSR count). The number of hydrogen-bond donors (Lipinski definition) is 3. The maximum atomic E-state index is 13.1. The number of carbonyl (C=O) groups excluding carboxylic acids is 3. The molecule has 0 heterocycles. The van der Waals surface area contributed by atoms with Crippen molar-refractivity contribution in [1.82, 2.24) is 0 Å². The topological polar surface area (TPSA) is 221 Å². The van der Waals surface area contributed by atoms with E-state index in [1.54, 1.807) is 6.92 Å². The van der Waals surface area contributed by atoms with Gasteiger partial charge in [-0.2, -0.15) is 0 Å². The Bertz CT molecular complexity index is 768. The van der Waals surface area contributed by atoms with Gasteiger partial charge in [-0.3, -0.25) is 14.3 Å². The molecular formula is C19H33N2O14P. The van der Waals surface area contributed by atoms with Gasteiger partial charge < -0.3 is 39.6 Å². The molecule has 0 bridgehead atoms. The number of aliphatic hydroxyl groups is 2. The Morgan fingerprint density at radius 1 is 1.08 bits per heavy atom. The number of hydrogen-bond acceptors (Lipinski definition) is 15. The van der Waals surface area contributed by atoms with Crippen molar-refractivity contribution in [2.24, 2.45) is 10.7 Å². The van der Waals surface area contributed by atoms with Gasteiger partial charge in [-0.1, -0.05) is 6.92 Å². The average molecular weight is 544 g/mol. The van der Waals surface area contributed by atoms with Crippen molar-refractivity contribution in [3.63, 3.8) is 0 Å². The van der Waals surface area contributed by atoms with E-state index in [9.17, 15) is 29.2 Å². The van der Waals surface area contributed by atoms with Crippen LogP contribution in [-0.4, -0.2) is 92.1 Å². The van der Waals surface area contributed by atoms with Crippen molar-refractivity contribution < 1.29 is 66.4 Å². The van der Waals surface area contributed by atoms with E-state index >= 15 is 0 Å². The number of ether oxygens (including phenoxy) is 5. The number of rotatable bonds is 18. The molecule has 0 aromatic heterocycles. The molecule has 0 aliphatic heterocycles. The van der Waals surface area contributed by atoms with Gasteiger partial charge in [0.15, 0.2) is 0 Å². The van der Waals surface area contributed by atoms with Crippen LogP contribution in [0.2, 0.25) is 0 Å². The van der Waals surface area contributed by atoms with Crippen LogP contribution in [0.4, 0.5) is 9.59 Å². The number of phosphoric ester groups is 1. The van der Waals surface area contributed by atoms with Crippen LogP contribution < -0.4 is 5.73 Å². The van der Waals surface area contributed by atoms with E-state index in [0.29, 0.717) is 6.42 Å². The third-order valence-corrected chi connectivity index (χ3v) is 5.81. The molecule has 4 unspecified atom stereocenters. The molecule has 1 amide bonds. The van der Waals surface area contributed by atoms with Gasteiger partial charge in [0.2, 0.25) is 19.5 Å². The largest absolute Gasteiger partial charge is 0.510 e. The fraction of sp³-hybridized carbons (Fsp3) is 0.789. The normalized spacial score (nSPS) is 21.0. The summed E-state index contributed by atoms with van der Waals surface area (Å²) in [5, 5.41) is 19.9. The molecule has 17 heteroatoms. The van der Waals surface area contributed by atoms with Gasteiger partial charge in [-0.05, 0) is 20.3 Å². The maximum absolute atomic E-state index is 13.1. The molecule has 0 spiro atoms. The maximum Gasteiger partial charge on any atom is 0.510 e. The molecule has 0 saturated heterocycles. The molecule has 0 aromatic rings. The minimum absolute atomic E-state index is 0.0123. The molecule has 0 radical (unpaired) electrons. The Kier molecular flexibility index (Phi) is 13.8. The summed E-state index contributed by atoms with van der Waals surface area (Å²) >= 11 is 0. The quantitative estimate of drug-likeness (QED) is 0.0947. The molecule has 208 valence electrons. The zero-order valence-electron chi connectivity index (χ0n) is 20.2. The predicted octanol–water partition coefficient (Wildman–Crippen LogP) is 0.969. The van der Waals surface area contributed by atoms with Gasteiger partial charge in [0.1, 0.15) is 24.0 Å². The minimum Gasteiger partial charge on any atom is -0.435 e. The summed E-state index contributed by atoms with van der Waals surface area (Å²) in [6.45, 7) is 2.21. The number of nitrogens with two attached hydrogens (primary N) is 1. The highest BCUT2D eigenvalue weighted by molar-refractivity contribution is 7.48. The number of primary amides is 1. The van der Waals surface area contributed by atoms with Crippen molar-refractivity contribution in [2.75, 3.05) is 33.4 Å². The molecule has 36 heavy (non-hydrogen) atoms. The highest BCUT2D eigenvalue weighted by Gasteiger charge is 2.65. The first kappa shape index (κ1) is 31.7. The van der Waals surface area contributed by atoms with E-state index in [1.807, 2.05) is 0 Å². The van der Waals surface area contributed by atoms with E-state index in [-0.39, 0.29) is 26.1 Å². The summed E-state index contributed by atoms with van der Waals surface area (Å²) < 4.78 is 52.5. The van der Waals surface area contributed by atoms with Gasteiger partial charge in [0.25, 0.3) is 0 Å². The summed E-state index contributed by atoms with van der Waals surface area (Å²) in [7, 11) is -4.62. The smallest absolute Gasteiger partial charge is 0.435 e. The van der Waals surface area contributed by atoms with Crippen molar-refractivity contribution in [1.29, 1.82) is 0 Å². The lowest BCUT2D eigenvalue weighted by Crippen LogP contribution is -2.40. The zero-order chi connectivity index (χ0) is 27.2. The predicted molar refractivity (Wildman–Crippen MR) is 119 cm³/mol. The second-order valence-electron chi connectivity index (χ2n) is 7.03. The average Bonchev–Trinajstić information content (AvgIpc) is 3.50. The second-order valence-corrected chi connectivity index (χ2v) is 8.65.